The molecule has 26 heavy (non-hydrogen) atoms. The van der Waals surface area contributed by atoms with E-state index in [-0.39, 0.29) is 5.91 Å². The molecule has 0 saturated carbocycles. The number of benzene rings is 2. The topological polar surface area (TPSA) is 88.2 Å². The average Bonchev–Trinajstić information content (AvgIpc) is 3.06. The smallest absolute Gasteiger partial charge is 0.275 e. The Labute approximate surface area is 159 Å². The lowest BCUT2D eigenvalue weighted by atomic mass is 10.2. The Balaban J connectivity index is 1.69. The largest absolute Gasteiger partial charge is 0.321 e. The number of rotatable bonds is 5. The van der Waals surface area contributed by atoms with Crippen LogP contribution in [0.3, 0.4) is 0 Å². The molecule has 0 bridgehead atoms. The van der Waals surface area contributed by atoms with Crippen LogP contribution in [0.1, 0.15) is 10.5 Å². The normalized spacial score (nSPS) is 11.2. The quantitative estimate of drug-likeness (QED) is 0.666. The van der Waals surface area contributed by atoms with E-state index in [9.17, 15) is 13.2 Å². The SMILES string of the molecule is CS(=O)(=O)Nc1ccc(NC(=O)c2csc(-c3ccc(Cl)cc3)n2)cc1. The Kier molecular flexibility index (Phi) is 5.26. The summed E-state index contributed by atoms with van der Waals surface area (Å²) < 4.78 is 24.7. The fourth-order valence-corrected chi connectivity index (χ4v) is 3.63. The highest BCUT2D eigenvalue weighted by atomic mass is 35.5. The molecule has 0 spiro atoms. The molecule has 0 unspecified atom stereocenters. The van der Waals surface area contributed by atoms with E-state index in [4.69, 9.17) is 11.6 Å². The summed E-state index contributed by atoms with van der Waals surface area (Å²) in [6, 6.07) is 13.6. The summed E-state index contributed by atoms with van der Waals surface area (Å²) in [5.74, 6) is -0.342. The molecule has 9 heteroatoms. The lowest BCUT2D eigenvalue weighted by Crippen LogP contribution is -2.13. The summed E-state index contributed by atoms with van der Waals surface area (Å²) in [7, 11) is -3.34. The van der Waals surface area contributed by atoms with Crippen LogP contribution < -0.4 is 10.0 Å². The number of carbonyl (C=O) groups is 1. The van der Waals surface area contributed by atoms with E-state index in [0.29, 0.717) is 22.1 Å². The van der Waals surface area contributed by atoms with Gasteiger partial charge in [-0.15, -0.1) is 11.3 Å². The second kappa shape index (κ2) is 7.45. The standard InChI is InChI=1S/C17H14ClN3O3S2/c1-26(23,24)21-14-8-6-13(7-9-14)19-16(22)15-10-25-17(20-15)11-2-4-12(18)5-3-11/h2-10,21H,1H3,(H,19,22). The van der Waals surface area contributed by atoms with E-state index < -0.39 is 10.0 Å². The van der Waals surface area contributed by atoms with Gasteiger partial charge in [0.1, 0.15) is 10.7 Å². The van der Waals surface area contributed by atoms with Crippen molar-refractivity contribution >= 4 is 50.2 Å². The van der Waals surface area contributed by atoms with Crippen LogP contribution in [-0.2, 0) is 10.0 Å². The van der Waals surface area contributed by atoms with E-state index in [2.05, 4.69) is 15.0 Å². The van der Waals surface area contributed by atoms with Crippen molar-refractivity contribution < 1.29 is 13.2 Å². The number of carbonyl (C=O) groups excluding carboxylic acids is 1. The van der Waals surface area contributed by atoms with Crippen molar-refractivity contribution in [1.29, 1.82) is 0 Å². The maximum Gasteiger partial charge on any atom is 0.275 e. The Morgan fingerprint density at radius 3 is 2.27 bits per heavy atom. The molecule has 3 rings (SSSR count). The second-order valence-electron chi connectivity index (χ2n) is 5.45. The molecule has 0 aliphatic heterocycles. The summed E-state index contributed by atoms with van der Waals surface area (Å²) in [6.07, 6.45) is 1.07. The monoisotopic (exact) mass is 407 g/mol. The molecular formula is C17H14ClN3O3S2. The summed E-state index contributed by atoms with van der Waals surface area (Å²) in [4.78, 5) is 16.7. The molecule has 6 nitrogen and oxygen atoms in total. The van der Waals surface area contributed by atoms with Crippen LogP contribution in [0.4, 0.5) is 11.4 Å². The fourth-order valence-electron chi connectivity index (χ4n) is 2.13. The summed E-state index contributed by atoms with van der Waals surface area (Å²) in [5.41, 5.74) is 2.15. The molecule has 0 aliphatic carbocycles. The van der Waals surface area contributed by atoms with Crippen LogP contribution in [0.2, 0.25) is 5.02 Å². The van der Waals surface area contributed by atoms with Gasteiger partial charge in [-0.2, -0.15) is 0 Å². The van der Waals surface area contributed by atoms with Crippen molar-refractivity contribution in [2.75, 3.05) is 16.3 Å². The van der Waals surface area contributed by atoms with Crippen LogP contribution >= 0.6 is 22.9 Å². The number of hydrogen-bond donors (Lipinski definition) is 2. The molecule has 134 valence electrons. The van der Waals surface area contributed by atoms with E-state index in [1.165, 1.54) is 11.3 Å². The van der Waals surface area contributed by atoms with Gasteiger partial charge >= 0.3 is 0 Å². The maximum absolute atomic E-state index is 12.3. The Hall–Kier alpha value is -2.42. The van der Waals surface area contributed by atoms with Crippen LogP contribution in [-0.4, -0.2) is 25.6 Å². The van der Waals surface area contributed by atoms with Gasteiger partial charge in [0, 0.05) is 27.3 Å². The lowest BCUT2D eigenvalue weighted by Gasteiger charge is -2.06. The Morgan fingerprint density at radius 2 is 1.65 bits per heavy atom. The number of thiazole rings is 1. The summed E-state index contributed by atoms with van der Waals surface area (Å²) in [6.45, 7) is 0. The molecule has 0 saturated heterocycles. The molecule has 3 aromatic rings. The minimum Gasteiger partial charge on any atom is -0.321 e. The third-order valence-electron chi connectivity index (χ3n) is 3.27. The summed E-state index contributed by atoms with van der Waals surface area (Å²) in [5, 5.41) is 5.77. The van der Waals surface area contributed by atoms with Crippen molar-refractivity contribution in [2.24, 2.45) is 0 Å². The van der Waals surface area contributed by atoms with Gasteiger partial charge in [0.05, 0.1) is 6.26 Å². The van der Waals surface area contributed by atoms with Crippen molar-refractivity contribution in [3.05, 3.63) is 64.6 Å². The van der Waals surface area contributed by atoms with E-state index in [0.717, 1.165) is 16.8 Å². The molecule has 2 N–H and O–H groups in total. The third kappa shape index (κ3) is 4.81. The number of nitrogens with zero attached hydrogens (tertiary/aromatic N) is 1. The van der Waals surface area contributed by atoms with Gasteiger partial charge < -0.3 is 5.32 Å². The van der Waals surface area contributed by atoms with Gasteiger partial charge in [-0.3, -0.25) is 9.52 Å². The molecular weight excluding hydrogens is 394 g/mol. The number of hydrogen-bond acceptors (Lipinski definition) is 5. The average molecular weight is 408 g/mol. The minimum atomic E-state index is -3.34. The predicted octanol–water partition coefficient (Wildman–Crippen LogP) is 4.09. The zero-order chi connectivity index (χ0) is 18.7. The first kappa shape index (κ1) is 18.4. The lowest BCUT2D eigenvalue weighted by molar-refractivity contribution is 0.102. The van der Waals surface area contributed by atoms with Crippen LogP contribution in [0.15, 0.2) is 53.9 Å². The molecule has 0 atom stereocenters. The van der Waals surface area contributed by atoms with E-state index in [1.807, 2.05) is 12.1 Å². The van der Waals surface area contributed by atoms with Crippen LogP contribution in [0.25, 0.3) is 10.6 Å². The third-order valence-corrected chi connectivity index (χ3v) is 5.02. The number of amides is 1. The zero-order valence-electron chi connectivity index (χ0n) is 13.6. The summed E-state index contributed by atoms with van der Waals surface area (Å²) >= 11 is 7.24. The van der Waals surface area contributed by atoms with Gasteiger partial charge in [0.15, 0.2) is 0 Å². The van der Waals surface area contributed by atoms with Gasteiger partial charge in [0.25, 0.3) is 5.91 Å². The van der Waals surface area contributed by atoms with E-state index in [1.54, 1.807) is 41.8 Å². The second-order valence-corrected chi connectivity index (χ2v) is 8.49. The molecule has 0 fully saturated rings. The Morgan fingerprint density at radius 1 is 1.04 bits per heavy atom. The van der Waals surface area contributed by atoms with Crippen LogP contribution in [0.5, 0.6) is 0 Å². The van der Waals surface area contributed by atoms with Gasteiger partial charge in [-0.1, -0.05) is 23.7 Å². The van der Waals surface area contributed by atoms with Crippen molar-refractivity contribution in [2.45, 2.75) is 0 Å². The van der Waals surface area contributed by atoms with E-state index >= 15 is 0 Å². The van der Waals surface area contributed by atoms with Crippen molar-refractivity contribution in [3.63, 3.8) is 0 Å². The molecule has 0 radical (unpaired) electrons. The zero-order valence-corrected chi connectivity index (χ0v) is 16.0. The maximum atomic E-state index is 12.3. The number of halogens is 1. The first-order chi connectivity index (χ1) is 12.3. The van der Waals surface area contributed by atoms with Crippen molar-refractivity contribution in [3.8, 4) is 10.6 Å². The van der Waals surface area contributed by atoms with Crippen LogP contribution in [0, 0.1) is 0 Å². The highest BCUT2D eigenvalue weighted by Gasteiger charge is 2.12. The first-order valence-electron chi connectivity index (χ1n) is 7.41. The molecule has 1 amide bonds. The molecule has 2 aromatic carbocycles. The first-order valence-corrected chi connectivity index (χ1v) is 10.6. The Bertz CT molecular complexity index is 1030. The van der Waals surface area contributed by atoms with Gasteiger partial charge in [0.2, 0.25) is 10.0 Å². The highest BCUT2D eigenvalue weighted by molar-refractivity contribution is 7.92. The molecule has 1 heterocycles. The van der Waals surface area contributed by atoms with Gasteiger partial charge in [-0.25, -0.2) is 13.4 Å². The number of aromatic nitrogens is 1. The minimum absolute atomic E-state index is 0.304. The fraction of sp³-hybridized carbons (Fsp3) is 0.0588. The predicted molar refractivity (Wildman–Crippen MR) is 105 cm³/mol. The number of sulfonamides is 1. The number of anilines is 2. The number of nitrogens with one attached hydrogen (secondary N) is 2. The highest BCUT2D eigenvalue weighted by Crippen LogP contribution is 2.25. The molecule has 1 aromatic heterocycles. The van der Waals surface area contributed by atoms with Gasteiger partial charge in [-0.05, 0) is 36.4 Å². The van der Waals surface area contributed by atoms with Crippen molar-refractivity contribution in [1.82, 2.24) is 4.98 Å². The molecule has 0 aliphatic rings.